The highest BCUT2D eigenvalue weighted by molar-refractivity contribution is 6.24. The van der Waals surface area contributed by atoms with Crippen molar-refractivity contribution in [1.29, 1.82) is 0 Å². The summed E-state index contributed by atoms with van der Waals surface area (Å²) in [4.78, 5) is 2.43. The molecule has 0 aliphatic rings. The van der Waals surface area contributed by atoms with Crippen molar-refractivity contribution in [2.75, 3.05) is 4.90 Å². The molecule has 0 atom stereocenters. The van der Waals surface area contributed by atoms with E-state index >= 15 is 0 Å². The smallest absolute Gasteiger partial charge is 0.138 e. The lowest BCUT2D eigenvalue weighted by molar-refractivity contribution is 0.669. The number of hydrogen-bond donors (Lipinski definition) is 0. The van der Waals surface area contributed by atoms with E-state index in [0.717, 1.165) is 44.4 Å². The zero-order chi connectivity index (χ0) is 25.1. The summed E-state index contributed by atoms with van der Waals surface area (Å²) in [7, 11) is 0. The van der Waals surface area contributed by atoms with E-state index in [0.29, 0.717) is 0 Å². The van der Waals surface area contributed by atoms with Crippen molar-refractivity contribution in [2.24, 2.45) is 0 Å². The molecule has 8 aromatic rings. The van der Waals surface area contributed by atoms with Gasteiger partial charge in [0.2, 0.25) is 0 Å². The lowest BCUT2D eigenvalue weighted by Gasteiger charge is -2.29. The molecule has 0 radical (unpaired) electrons. The first-order valence-electron chi connectivity index (χ1n) is 13.0. The Labute approximate surface area is 220 Å². The first-order valence-corrected chi connectivity index (χ1v) is 13.0. The van der Waals surface area contributed by atoms with Crippen LogP contribution in [0.1, 0.15) is 0 Å². The number of furan rings is 1. The maximum Gasteiger partial charge on any atom is 0.138 e. The molecule has 0 fully saturated rings. The average molecular weight is 486 g/mol. The number of benzene rings is 7. The third-order valence-electron chi connectivity index (χ3n) is 7.59. The van der Waals surface area contributed by atoms with Crippen molar-refractivity contribution in [2.45, 2.75) is 0 Å². The predicted molar refractivity (Wildman–Crippen MR) is 161 cm³/mol. The van der Waals surface area contributed by atoms with Crippen molar-refractivity contribution in [3.8, 4) is 0 Å². The Morgan fingerprint density at radius 3 is 1.79 bits per heavy atom. The molecule has 0 unspecified atom stereocenters. The van der Waals surface area contributed by atoms with E-state index in [9.17, 15) is 0 Å². The minimum absolute atomic E-state index is 0.894. The maximum absolute atomic E-state index is 6.45. The van der Waals surface area contributed by atoms with Gasteiger partial charge in [-0.2, -0.15) is 0 Å². The summed E-state index contributed by atoms with van der Waals surface area (Å²) in [6.45, 7) is 0. The van der Waals surface area contributed by atoms with Crippen LogP contribution in [-0.4, -0.2) is 0 Å². The van der Waals surface area contributed by atoms with Gasteiger partial charge in [-0.3, -0.25) is 0 Å². The predicted octanol–water partition coefficient (Wildman–Crippen LogP) is 10.5. The summed E-state index contributed by atoms with van der Waals surface area (Å²) in [5.41, 5.74) is 5.18. The van der Waals surface area contributed by atoms with E-state index in [2.05, 4.69) is 138 Å². The van der Waals surface area contributed by atoms with Crippen molar-refractivity contribution >= 4 is 71.3 Å². The van der Waals surface area contributed by atoms with Crippen LogP contribution in [0.2, 0.25) is 0 Å². The summed E-state index contributed by atoms with van der Waals surface area (Å²) in [5.74, 6) is 0. The SMILES string of the molecule is c1ccc(N(c2cc3ccccc3c3ccccc23)c2c3ccccc3cc3oc4ccccc4c23)cc1. The lowest BCUT2D eigenvalue weighted by atomic mass is 9.97. The Balaban J connectivity index is 1.60. The van der Waals surface area contributed by atoms with E-state index in [1.54, 1.807) is 0 Å². The fraction of sp³-hybridized carbons (Fsp3) is 0. The van der Waals surface area contributed by atoms with Gasteiger partial charge in [0.25, 0.3) is 0 Å². The largest absolute Gasteiger partial charge is 0.456 e. The van der Waals surface area contributed by atoms with E-state index in [-0.39, 0.29) is 0 Å². The van der Waals surface area contributed by atoms with E-state index in [1.165, 1.54) is 26.9 Å². The molecule has 0 amide bonds. The molecule has 0 saturated carbocycles. The van der Waals surface area contributed by atoms with Gasteiger partial charge in [-0.15, -0.1) is 0 Å². The highest BCUT2D eigenvalue weighted by Gasteiger charge is 2.24. The van der Waals surface area contributed by atoms with Gasteiger partial charge in [0.1, 0.15) is 11.2 Å². The van der Waals surface area contributed by atoms with Crippen molar-refractivity contribution in [1.82, 2.24) is 0 Å². The molecule has 0 spiro atoms. The van der Waals surface area contributed by atoms with Crippen LogP contribution in [0.5, 0.6) is 0 Å². The summed E-state index contributed by atoms with van der Waals surface area (Å²) in [5, 5.41) is 9.52. The van der Waals surface area contributed by atoms with Crippen LogP contribution in [0.15, 0.2) is 144 Å². The number of para-hydroxylation sites is 2. The highest BCUT2D eigenvalue weighted by atomic mass is 16.3. The van der Waals surface area contributed by atoms with Gasteiger partial charge in [0.05, 0.1) is 16.8 Å². The molecule has 2 heteroatoms. The zero-order valence-corrected chi connectivity index (χ0v) is 20.6. The minimum Gasteiger partial charge on any atom is -0.456 e. The molecule has 7 aromatic carbocycles. The second-order valence-corrected chi connectivity index (χ2v) is 9.75. The van der Waals surface area contributed by atoms with Gasteiger partial charge in [0.15, 0.2) is 0 Å². The van der Waals surface area contributed by atoms with Crippen LogP contribution in [-0.2, 0) is 0 Å². The van der Waals surface area contributed by atoms with Gasteiger partial charge in [-0.1, -0.05) is 109 Å². The average Bonchev–Trinajstić information content (AvgIpc) is 3.35. The van der Waals surface area contributed by atoms with Gasteiger partial charge >= 0.3 is 0 Å². The van der Waals surface area contributed by atoms with E-state index in [1.807, 2.05) is 6.07 Å². The van der Waals surface area contributed by atoms with Gasteiger partial charge in [0, 0.05) is 21.8 Å². The summed E-state index contributed by atoms with van der Waals surface area (Å²) >= 11 is 0. The quantitative estimate of drug-likeness (QED) is 0.231. The first kappa shape index (κ1) is 21.0. The second kappa shape index (κ2) is 8.22. The van der Waals surface area contributed by atoms with E-state index in [4.69, 9.17) is 4.42 Å². The highest BCUT2D eigenvalue weighted by Crippen LogP contribution is 2.49. The molecule has 2 nitrogen and oxygen atoms in total. The fourth-order valence-corrected chi connectivity index (χ4v) is 5.94. The molecule has 0 aliphatic carbocycles. The molecule has 0 bridgehead atoms. The summed E-state index contributed by atoms with van der Waals surface area (Å²) in [6.07, 6.45) is 0. The topological polar surface area (TPSA) is 16.4 Å². The normalized spacial score (nSPS) is 11.7. The van der Waals surface area contributed by atoms with Crippen LogP contribution in [0, 0.1) is 0 Å². The first-order chi connectivity index (χ1) is 18.9. The minimum atomic E-state index is 0.894. The van der Waals surface area contributed by atoms with Gasteiger partial charge in [-0.25, -0.2) is 0 Å². The van der Waals surface area contributed by atoms with Crippen LogP contribution in [0.25, 0.3) is 54.3 Å². The fourth-order valence-electron chi connectivity index (χ4n) is 5.94. The Morgan fingerprint density at radius 1 is 0.421 bits per heavy atom. The van der Waals surface area contributed by atoms with Crippen LogP contribution in [0.3, 0.4) is 0 Å². The number of hydrogen-bond acceptors (Lipinski definition) is 2. The number of fused-ring (bicyclic) bond motifs is 7. The molecule has 178 valence electrons. The van der Waals surface area contributed by atoms with E-state index < -0.39 is 0 Å². The number of rotatable bonds is 3. The van der Waals surface area contributed by atoms with Crippen molar-refractivity contribution in [3.63, 3.8) is 0 Å². The Hall–Kier alpha value is -5.08. The lowest BCUT2D eigenvalue weighted by Crippen LogP contribution is -2.11. The number of anilines is 3. The number of nitrogens with zero attached hydrogens (tertiary/aromatic N) is 1. The molecule has 1 heterocycles. The second-order valence-electron chi connectivity index (χ2n) is 9.75. The van der Waals surface area contributed by atoms with Gasteiger partial charge < -0.3 is 9.32 Å². The summed E-state index contributed by atoms with van der Waals surface area (Å²) < 4.78 is 6.45. The molecule has 38 heavy (non-hydrogen) atoms. The Morgan fingerprint density at radius 2 is 1.00 bits per heavy atom. The maximum atomic E-state index is 6.45. The molecule has 0 saturated heterocycles. The summed E-state index contributed by atoms with van der Waals surface area (Å²) in [6, 6.07) is 49.6. The molecule has 8 rings (SSSR count). The van der Waals surface area contributed by atoms with Crippen LogP contribution >= 0.6 is 0 Å². The van der Waals surface area contributed by atoms with Crippen molar-refractivity contribution in [3.05, 3.63) is 140 Å². The van der Waals surface area contributed by atoms with Gasteiger partial charge in [-0.05, 0) is 51.9 Å². The monoisotopic (exact) mass is 485 g/mol. The standard InChI is InChI=1S/C36H23NO/c1-2-14-26(15-3-1)37(32-22-24-12-4-6-16-27(24)29-18-8-9-19-30(29)32)36-28-17-7-5-13-25(28)23-34-35(36)31-20-10-11-21-33(31)38-34/h1-23H. The third kappa shape index (κ3) is 3.07. The molecular weight excluding hydrogens is 462 g/mol. The molecule has 0 N–H and O–H groups in total. The van der Waals surface area contributed by atoms with Crippen molar-refractivity contribution < 1.29 is 4.42 Å². The molecular formula is C36H23NO. The third-order valence-corrected chi connectivity index (χ3v) is 7.59. The molecule has 1 aromatic heterocycles. The van der Waals surface area contributed by atoms with Crippen LogP contribution < -0.4 is 4.90 Å². The molecule has 0 aliphatic heterocycles. The Bertz CT molecular complexity index is 2140. The zero-order valence-electron chi connectivity index (χ0n) is 20.6. The van der Waals surface area contributed by atoms with Crippen LogP contribution in [0.4, 0.5) is 17.1 Å². The Kier molecular flexibility index (Phi) is 4.55.